The predicted molar refractivity (Wildman–Crippen MR) is 174 cm³/mol. The van der Waals surface area contributed by atoms with Gasteiger partial charge in [0.15, 0.2) is 5.78 Å². The summed E-state index contributed by atoms with van der Waals surface area (Å²) in [6.45, 7) is 17.1. The van der Waals surface area contributed by atoms with Crippen LogP contribution in [-0.4, -0.2) is 41.1 Å². The molecule has 0 saturated heterocycles. The lowest BCUT2D eigenvalue weighted by molar-refractivity contribution is -0.195. The lowest BCUT2D eigenvalue weighted by atomic mass is 9.38. The Balaban J connectivity index is 1.24. The van der Waals surface area contributed by atoms with E-state index in [0.717, 1.165) is 63.2 Å². The summed E-state index contributed by atoms with van der Waals surface area (Å²) in [5.74, 6) is 2.17. The van der Waals surface area contributed by atoms with Gasteiger partial charge in [0.1, 0.15) is 12.4 Å². The van der Waals surface area contributed by atoms with Crippen molar-refractivity contribution in [3.05, 3.63) is 11.1 Å². The molecule has 7 nitrogen and oxygen atoms in total. The zero-order valence-electron chi connectivity index (χ0n) is 29.0. The molecule has 45 heavy (non-hydrogen) atoms. The summed E-state index contributed by atoms with van der Waals surface area (Å²) in [4.78, 5) is 51.3. The molecule has 0 aromatic heterocycles. The van der Waals surface area contributed by atoms with E-state index in [0.29, 0.717) is 42.4 Å². The Kier molecular flexibility index (Phi) is 8.06. The number of carbonyl (C=O) groups excluding carboxylic acids is 4. The summed E-state index contributed by atoms with van der Waals surface area (Å²) in [6.07, 6.45) is 10.2. The molecule has 0 radical (unpaired) electrons. The zero-order valence-corrected chi connectivity index (χ0v) is 29.0. The van der Waals surface area contributed by atoms with Crippen LogP contribution in [0, 0.1) is 64.1 Å². The Morgan fingerprint density at radius 3 is 2.24 bits per heavy atom. The highest BCUT2D eigenvalue weighted by molar-refractivity contribution is 6.02. The van der Waals surface area contributed by atoms with Gasteiger partial charge in [-0.05, 0) is 135 Å². The van der Waals surface area contributed by atoms with Crippen LogP contribution in [0.4, 0.5) is 0 Å². The summed E-state index contributed by atoms with van der Waals surface area (Å²) >= 11 is 0. The van der Waals surface area contributed by atoms with E-state index in [9.17, 15) is 19.2 Å². The number of ketones is 1. The second-order valence-corrected chi connectivity index (χ2v) is 17.8. The molecule has 7 heteroatoms. The molecule has 5 saturated carbocycles. The van der Waals surface area contributed by atoms with E-state index in [1.807, 2.05) is 6.92 Å². The fourth-order valence-corrected chi connectivity index (χ4v) is 12.1. The summed E-state index contributed by atoms with van der Waals surface area (Å²) in [5, 5.41) is 3.37. The molecule has 250 valence electrons. The van der Waals surface area contributed by atoms with Crippen LogP contribution >= 0.6 is 0 Å². The van der Waals surface area contributed by atoms with Crippen LogP contribution in [0.25, 0.3) is 0 Å². The molecule has 0 bridgehead atoms. The van der Waals surface area contributed by atoms with Gasteiger partial charge >= 0.3 is 5.97 Å². The number of Topliss-reactive ketones (excluding diaryl/α,β-unsaturated/α-hetero) is 1. The number of ether oxygens (including phenoxy) is 1. The largest absolute Gasteiger partial charge is 0.462 e. The number of hydrogen-bond acceptors (Lipinski definition) is 6. The van der Waals surface area contributed by atoms with E-state index < -0.39 is 11.1 Å². The lowest BCUT2D eigenvalue weighted by Gasteiger charge is -2.67. The predicted octanol–water partition coefficient (Wildman–Crippen LogP) is 6.18. The Labute approximate surface area is 270 Å². The van der Waals surface area contributed by atoms with Gasteiger partial charge in [-0.1, -0.05) is 41.5 Å². The first-order valence-electron chi connectivity index (χ1n) is 18.0. The monoisotopic (exact) mass is 622 g/mol. The molecule has 0 spiro atoms. The number of amides is 1. The number of carbonyl (C=O) groups is 4. The number of rotatable bonds is 6. The van der Waals surface area contributed by atoms with E-state index in [2.05, 4.69) is 39.9 Å². The van der Waals surface area contributed by atoms with Crippen LogP contribution in [0.5, 0.6) is 0 Å². The number of aldehydes is 1. The first-order valence-corrected chi connectivity index (χ1v) is 18.0. The van der Waals surface area contributed by atoms with Crippen LogP contribution in [0.1, 0.15) is 120 Å². The van der Waals surface area contributed by atoms with E-state index in [4.69, 9.17) is 10.5 Å². The number of hydrogen-bond donors (Lipinski definition) is 2. The molecule has 12 atom stereocenters. The second kappa shape index (κ2) is 11.0. The molecule has 5 fully saturated rings. The molecule has 12 unspecified atom stereocenters. The molecule has 0 aromatic carbocycles. The average molecular weight is 623 g/mol. The van der Waals surface area contributed by atoms with Gasteiger partial charge in [0, 0.05) is 12.3 Å². The van der Waals surface area contributed by atoms with Crippen molar-refractivity contribution >= 4 is 23.9 Å². The quantitative estimate of drug-likeness (QED) is 0.270. The zero-order chi connectivity index (χ0) is 32.9. The van der Waals surface area contributed by atoms with Gasteiger partial charge in [-0.3, -0.25) is 14.4 Å². The maximum Gasteiger partial charge on any atom is 0.309 e. The standard InChI is InChI=1S/C38H58N2O5/c1-20(2)31-28(42)18-38(40-34(44)35(5,6)39)16-12-27-24(32(31)38)9-10-30-36(7)15-13-29(22(4)26(36)11-14-37(27,30)8)45-33(43)25-17-23(19-41)21(25)3/h19-27,29-30H,9-18,39H2,1-8H3,(H,40,44). The Bertz CT molecular complexity index is 1300. The van der Waals surface area contributed by atoms with Gasteiger partial charge in [-0.15, -0.1) is 0 Å². The van der Waals surface area contributed by atoms with Crippen molar-refractivity contribution in [1.29, 1.82) is 0 Å². The summed E-state index contributed by atoms with van der Waals surface area (Å²) in [7, 11) is 0. The van der Waals surface area contributed by atoms with Crippen LogP contribution in [0.15, 0.2) is 11.1 Å². The summed E-state index contributed by atoms with van der Waals surface area (Å²) in [5.41, 5.74) is 7.21. The molecule has 0 aromatic rings. The van der Waals surface area contributed by atoms with Crippen molar-refractivity contribution in [3.63, 3.8) is 0 Å². The van der Waals surface area contributed by atoms with Crippen molar-refractivity contribution < 1.29 is 23.9 Å². The van der Waals surface area contributed by atoms with Crippen molar-refractivity contribution in [2.45, 2.75) is 137 Å². The second-order valence-electron chi connectivity index (χ2n) is 17.8. The summed E-state index contributed by atoms with van der Waals surface area (Å²) in [6, 6.07) is 0. The fraction of sp³-hybridized carbons (Fsp3) is 0.842. The van der Waals surface area contributed by atoms with Crippen molar-refractivity contribution in [1.82, 2.24) is 5.32 Å². The number of nitrogens with two attached hydrogens (primary N) is 1. The molecule has 0 heterocycles. The maximum absolute atomic E-state index is 13.7. The Morgan fingerprint density at radius 2 is 1.62 bits per heavy atom. The molecular weight excluding hydrogens is 564 g/mol. The first-order chi connectivity index (χ1) is 21.0. The highest BCUT2D eigenvalue weighted by Gasteiger charge is 2.65. The fourth-order valence-electron chi connectivity index (χ4n) is 12.1. The number of fused-ring (bicyclic) bond motifs is 7. The minimum absolute atomic E-state index is 0.00998. The van der Waals surface area contributed by atoms with Crippen molar-refractivity contribution in [2.75, 3.05) is 0 Å². The van der Waals surface area contributed by atoms with Gasteiger partial charge < -0.3 is 20.6 Å². The Morgan fingerprint density at radius 1 is 0.978 bits per heavy atom. The third-order valence-corrected chi connectivity index (χ3v) is 14.6. The first kappa shape index (κ1) is 32.9. The van der Waals surface area contributed by atoms with Gasteiger partial charge in [0.2, 0.25) is 5.91 Å². The third kappa shape index (κ3) is 4.90. The minimum Gasteiger partial charge on any atom is -0.462 e. The molecule has 3 N–H and O–H groups in total. The smallest absolute Gasteiger partial charge is 0.309 e. The van der Waals surface area contributed by atoms with Crippen LogP contribution < -0.4 is 11.1 Å². The van der Waals surface area contributed by atoms with Crippen molar-refractivity contribution in [3.8, 4) is 0 Å². The molecule has 1 amide bonds. The van der Waals surface area contributed by atoms with Gasteiger partial charge in [-0.2, -0.15) is 0 Å². The average Bonchev–Trinajstić information content (AvgIpc) is 3.25. The molecule has 6 aliphatic rings. The normalized spacial score (nSPS) is 45.9. The summed E-state index contributed by atoms with van der Waals surface area (Å²) < 4.78 is 6.23. The minimum atomic E-state index is -1.01. The highest BCUT2D eigenvalue weighted by atomic mass is 16.5. The lowest BCUT2D eigenvalue weighted by Crippen LogP contribution is -2.64. The van der Waals surface area contributed by atoms with Gasteiger partial charge in [-0.25, -0.2) is 0 Å². The van der Waals surface area contributed by atoms with Crippen molar-refractivity contribution in [2.24, 2.45) is 69.8 Å². The third-order valence-electron chi connectivity index (χ3n) is 14.6. The number of esters is 1. The molecule has 6 rings (SSSR count). The van der Waals surface area contributed by atoms with E-state index in [-0.39, 0.29) is 58.3 Å². The Hall–Kier alpha value is -2.02. The van der Waals surface area contributed by atoms with E-state index >= 15 is 0 Å². The maximum atomic E-state index is 13.7. The molecule has 0 aliphatic heterocycles. The van der Waals surface area contributed by atoms with E-state index in [1.165, 1.54) is 5.57 Å². The molecular formula is C38H58N2O5. The number of nitrogens with one attached hydrogen (secondary N) is 1. The highest BCUT2D eigenvalue weighted by Crippen LogP contribution is 2.70. The molecule has 6 aliphatic carbocycles. The van der Waals surface area contributed by atoms with Crippen LogP contribution in [0.2, 0.25) is 0 Å². The SMILES string of the molecule is CC(C)C1=C2C3CCC4C(C)(CCC5C(C)C(OC(=O)C6CC(C=O)C6C)CCC54C)C3CCC2(NC(=O)C(C)(C)N)CC1=O. The number of allylic oxidation sites excluding steroid dienone is 1. The van der Waals surface area contributed by atoms with Gasteiger partial charge in [0.25, 0.3) is 0 Å². The van der Waals surface area contributed by atoms with Gasteiger partial charge in [0.05, 0.1) is 17.0 Å². The van der Waals surface area contributed by atoms with Crippen LogP contribution in [0.3, 0.4) is 0 Å². The topological polar surface area (TPSA) is 116 Å². The van der Waals surface area contributed by atoms with E-state index in [1.54, 1.807) is 13.8 Å². The van der Waals surface area contributed by atoms with Crippen LogP contribution in [-0.2, 0) is 23.9 Å².